The highest BCUT2D eigenvalue weighted by atomic mass is 32.2. The third-order valence-electron chi connectivity index (χ3n) is 2.75. The molecule has 0 bridgehead atoms. The van der Waals surface area contributed by atoms with Gasteiger partial charge in [-0.05, 0) is 43.7 Å². The number of sulfone groups is 1. The van der Waals surface area contributed by atoms with Gasteiger partial charge in [0, 0.05) is 11.8 Å². The van der Waals surface area contributed by atoms with Crippen LogP contribution in [0.3, 0.4) is 0 Å². The highest BCUT2D eigenvalue weighted by molar-refractivity contribution is 7.90. The number of primary amides is 1. The highest BCUT2D eigenvalue weighted by Gasteiger charge is 2.04. The van der Waals surface area contributed by atoms with Crippen LogP contribution < -0.4 is 5.73 Å². The molecule has 25 heavy (non-hydrogen) atoms. The number of carbonyl (C=O) groups excluding carboxylic acids is 1. The van der Waals surface area contributed by atoms with Crippen molar-refractivity contribution in [2.24, 2.45) is 5.73 Å². The SMILES string of the molecule is CC.CC.Cc1ccc(C(N)=O)cc1.Cc1cccc(S(C)(=O)=O)c1. The van der Waals surface area contributed by atoms with Crippen LogP contribution in [0.15, 0.2) is 53.4 Å². The van der Waals surface area contributed by atoms with E-state index in [1.165, 1.54) is 6.26 Å². The zero-order chi connectivity index (χ0) is 20.0. The summed E-state index contributed by atoms with van der Waals surface area (Å²) in [6.07, 6.45) is 1.21. The summed E-state index contributed by atoms with van der Waals surface area (Å²) < 4.78 is 22.0. The van der Waals surface area contributed by atoms with E-state index in [4.69, 9.17) is 5.73 Å². The van der Waals surface area contributed by atoms with Gasteiger partial charge in [-0.2, -0.15) is 0 Å². The average molecular weight is 366 g/mol. The first-order chi connectivity index (χ1) is 11.7. The summed E-state index contributed by atoms with van der Waals surface area (Å²) in [5, 5.41) is 0. The molecule has 140 valence electrons. The van der Waals surface area contributed by atoms with Crippen LogP contribution in [-0.4, -0.2) is 20.6 Å². The number of hydrogen-bond donors (Lipinski definition) is 1. The van der Waals surface area contributed by atoms with E-state index in [1.54, 1.807) is 30.3 Å². The molecule has 0 atom stereocenters. The van der Waals surface area contributed by atoms with Crippen molar-refractivity contribution >= 4 is 15.7 Å². The van der Waals surface area contributed by atoms with Gasteiger partial charge in [0.2, 0.25) is 5.91 Å². The van der Waals surface area contributed by atoms with Crippen molar-refractivity contribution in [3.05, 3.63) is 65.2 Å². The number of benzene rings is 2. The summed E-state index contributed by atoms with van der Waals surface area (Å²) in [6, 6.07) is 14.0. The van der Waals surface area contributed by atoms with Crippen molar-refractivity contribution < 1.29 is 13.2 Å². The van der Waals surface area contributed by atoms with Gasteiger partial charge in [0.15, 0.2) is 9.84 Å². The molecule has 2 aromatic rings. The maximum atomic E-state index is 11.0. The molecule has 0 aliphatic carbocycles. The molecule has 2 rings (SSSR count). The standard InChI is InChI=1S/C8H9NO.C8H10O2S.2C2H6/c1-6-2-4-7(5-3-6)8(9)10;1-7-4-3-5-8(6-7)11(2,9)10;2*1-2/h2-5H,1H3,(H2,9,10);3-6H,1-2H3;2*1-2H3. The molecule has 1 amide bonds. The van der Waals surface area contributed by atoms with Crippen molar-refractivity contribution in [3.63, 3.8) is 0 Å². The van der Waals surface area contributed by atoms with E-state index >= 15 is 0 Å². The smallest absolute Gasteiger partial charge is 0.248 e. The average Bonchev–Trinajstić information content (AvgIpc) is 2.59. The van der Waals surface area contributed by atoms with Crippen LogP contribution in [0.4, 0.5) is 0 Å². The van der Waals surface area contributed by atoms with Crippen LogP contribution in [-0.2, 0) is 9.84 Å². The Morgan fingerprint density at radius 2 is 1.32 bits per heavy atom. The summed E-state index contributed by atoms with van der Waals surface area (Å²) in [4.78, 5) is 10.9. The van der Waals surface area contributed by atoms with Gasteiger partial charge in [0.05, 0.1) is 4.90 Å². The molecule has 0 radical (unpaired) electrons. The van der Waals surface area contributed by atoms with Crippen LogP contribution in [0.1, 0.15) is 49.2 Å². The number of aryl methyl sites for hydroxylation is 2. The molecule has 0 fully saturated rings. The van der Waals surface area contributed by atoms with Crippen LogP contribution >= 0.6 is 0 Å². The summed E-state index contributed by atoms with van der Waals surface area (Å²) >= 11 is 0. The number of rotatable bonds is 2. The Balaban J connectivity index is 0. The van der Waals surface area contributed by atoms with E-state index in [0.29, 0.717) is 10.5 Å². The molecule has 0 aromatic heterocycles. The van der Waals surface area contributed by atoms with Crippen molar-refractivity contribution in [2.45, 2.75) is 46.4 Å². The zero-order valence-electron chi connectivity index (χ0n) is 16.3. The maximum Gasteiger partial charge on any atom is 0.248 e. The summed E-state index contributed by atoms with van der Waals surface area (Å²) in [7, 11) is -3.03. The second-order valence-corrected chi connectivity index (χ2v) is 6.83. The summed E-state index contributed by atoms with van der Waals surface area (Å²) in [5.74, 6) is -0.375. The van der Waals surface area contributed by atoms with Gasteiger partial charge in [-0.15, -0.1) is 0 Å². The first-order valence-corrected chi connectivity index (χ1v) is 10.2. The van der Waals surface area contributed by atoms with Gasteiger partial charge in [-0.3, -0.25) is 4.79 Å². The lowest BCUT2D eigenvalue weighted by Gasteiger charge is -1.97. The number of nitrogens with two attached hydrogens (primary N) is 1. The first-order valence-electron chi connectivity index (χ1n) is 8.33. The van der Waals surface area contributed by atoms with Crippen LogP contribution in [0.25, 0.3) is 0 Å². The third-order valence-corrected chi connectivity index (χ3v) is 3.86. The highest BCUT2D eigenvalue weighted by Crippen LogP contribution is 2.09. The molecule has 0 spiro atoms. The minimum Gasteiger partial charge on any atom is -0.366 e. The van der Waals surface area contributed by atoms with Gasteiger partial charge in [0.1, 0.15) is 0 Å². The minimum atomic E-state index is -3.03. The second kappa shape index (κ2) is 13.2. The van der Waals surface area contributed by atoms with Gasteiger partial charge in [0.25, 0.3) is 0 Å². The molecule has 5 heteroatoms. The Kier molecular flexibility index (Phi) is 13.2. The van der Waals surface area contributed by atoms with Gasteiger partial charge in [-0.1, -0.05) is 57.5 Å². The molecular weight excluding hydrogens is 334 g/mol. The van der Waals surface area contributed by atoms with E-state index in [-0.39, 0.29) is 5.91 Å². The lowest BCUT2D eigenvalue weighted by Crippen LogP contribution is -2.10. The van der Waals surface area contributed by atoms with E-state index in [0.717, 1.165) is 11.1 Å². The quantitative estimate of drug-likeness (QED) is 0.848. The zero-order valence-corrected chi connectivity index (χ0v) is 17.1. The molecule has 0 saturated heterocycles. The molecule has 0 unspecified atom stereocenters. The number of hydrogen-bond acceptors (Lipinski definition) is 3. The molecule has 0 heterocycles. The van der Waals surface area contributed by atoms with E-state index < -0.39 is 9.84 Å². The number of amides is 1. The molecule has 4 nitrogen and oxygen atoms in total. The first kappa shape index (κ1) is 25.1. The van der Waals surface area contributed by atoms with Crippen molar-refractivity contribution in [1.29, 1.82) is 0 Å². The van der Waals surface area contributed by atoms with Gasteiger partial charge >= 0.3 is 0 Å². The maximum absolute atomic E-state index is 11.0. The van der Waals surface area contributed by atoms with Gasteiger partial charge in [-0.25, -0.2) is 8.42 Å². The fourth-order valence-corrected chi connectivity index (χ4v) is 2.29. The van der Waals surface area contributed by atoms with Crippen LogP contribution in [0.5, 0.6) is 0 Å². The Morgan fingerprint density at radius 1 is 0.840 bits per heavy atom. The largest absolute Gasteiger partial charge is 0.366 e. The number of carbonyl (C=O) groups is 1. The van der Waals surface area contributed by atoms with E-state index in [9.17, 15) is 13.2 Å². The van der Waals surface area contributed by atoms with Crippen LogP contribution in [0, 0.1) is 13.8 Å². The Bertz CT molecular complexity index is 721. The molecule has 0 aliphatic heterocycles. The molecular formula is C20H31NO3S. The Morgan fingerprint density at radius 3 is 1.64 bits per heavy atom. The molecule has 0 aliphatic rings. The van der Waals surface area contributed by atoms with Gasteiger partial charge < -0.3 is 5.73 Å². The second-order valence-electron chi connectivity index (χ2n) is 4.82. The minimum absolute atomic E-state index is 0.375. The topological polar surface area (TPSA) is 77.2 Å². The predicted octanol–water partition coefficient (Wildman–Crippen LogP) is 4.54. The summed E-state index contributed by atoms with van der Waals surface area (Å²) in [6.45, 7) is 11.8. The Labute approximate surface area is 153 Å². The van der Waals surface area contributed by atoms with Crippen molar-refractivity contribution in [2.75, 3.05) is 6.26 Å². The molecule has 2 aromatic carbocycles. The lowest BCUT2D eigenvalue weighted by molar-refractivity contribution is 0.100. The normalized spacial score (nSPS) is 9.24. The Hall–Kier alpha value is -2.14. The summed E-state index contributed by atoms with van der Waals surface area (Å²) in [5.41, 5.74) is 7.68. The van der Waals surface area contributed by atoms with Crippen molar-refractivity contribution in [1.82, 2.24) is 0 Å². The van der Waals surface area contributed by atoms with Crippen molar-refractivity contribution in [3.8, 4) is 0 Å². The third kappa shape index (κ3) is 11.1. The molecule has 0 saturated carbocycles. The van der Waals surface area contributed by atoms with E-state index in [1.807, 2.05) is 59.7 Å². The lowest BCUT2D eigenvalue weighted by atomic mass is 10.1. The molecule has 2 N–H and O–H groups in total. The fourth-order valence-electron chi connectivity index (χ4n) is 1.56. The fraction of sp³-hybridized carbons (Fsp3) is 0.350. The predicted molar refractivity (Wildman–Crippen MR) is 107 cm³/mol. The van der Waals surface area contributed by atoms with Crippen LogP contribution in [0.2, 0.25) is 0 Å². The van der Waals surface area contributed by atoms with E-state index in [2.05, 4.69) is 0 Å². The monoisotopic (exact) mass is 365 g/mol.